The number of nitrogens with two attached hydrogens (primary N) is 2. The van der Waals surface area contributed by atoms with E-state index in [2.05, 4.69) is 15.6 Å². The molecule has 9 nitrogen and oxygen atoms in total. The monoisotopic (exact) mass is 571 g/mol. The number of nitrogens with zero attached hydrogens (tertiary/aromatic N) is 1. The van der Waals surface area contributed by atoms with Gasteiger partial charge < -0.3 is 32.3 Å². The van der Waals surface area contributed by atoms with Crippen LogP contribution >= 0.6 is 0 Å². The first-order chi connectivity index (χ1) is 20.3. The molecule has 3 aromatic carbocycles. The molecule has 1 unspecified atom stereocenters. The quantitative estimate of drug-likeness (QED) is 0.189. The van der Waals surface area contributed by atoms with Crippen molar-refractivity contribution in [3.05, 3.63) is 119 Å². The fourth-order valence-corrected chi connectivity index (χ4v) is 4.61. The molecule has 0 radical (unpaired) electrons. The molecule has 1 aliphatic heterocycles. The summed E-state index contributed by atoms with van der Waals surface area (Å²) in [5.41, 5.74) is 15.0. The van der Waals surface area contributed by atoms with Crippen molar-refractivity contribution in [1.82, 2.24) is 15.6 Å². The van der Waals surface area contributed by atoms with Gasteiger partial charge in [0, 0.05) is 30.6 Å². The van der Waals surface area contributed by atoms with Gasteiger partial charge in [0.15, 0.2) is 0 Å². The third kappa shape index (κ3) is 7.55. The Morgan fingerprint density at radius 2 is 1.67 bits per heavy atom. The maximum atomic E-state index is 14.9. The van der Waals surface area contributed by atoms with Crippen molar-refractivity contribution in [3.63, 3.8) is 0 Å². The topological polar surface area (TPSA) is 164 Å². The SMILES string of the molecule is N[C@H](CO)c1ccccc1.Nc1ncc(C2CNC(=O)C2)cc1-c1ccc(C(=O)N[C@H](CO)c2ccccc2)c(F)c1. The molecule has 42 heavy (non-hydrogen) atoms. The summed E-state index contributed by atoms with van der Waals surface area (Å²) in [6.45, 7) is 0.206. The Bertz CT molecular complexity index is 1500. The number of pyridine rings is 1. The molecule has 8 N–H and O–H groups in total. The number of nitrogen functional groups attached to an aromatic ring is 1. The molecule has 2 amide bonds. The van der Waals surface area contributed by atoms with Crippen LogP contribution in [0.25, 0.3) is 11.1 Å². The summed E-state index contributed by atoms with van der Waals surface area (Å²) in [5.74, 6) is -1.16. The van der Waals surface area contributed by atoms with E-state index in [-0.39, 0.29) is 42.5 Å². The predicted molar refractivity (Wildman–Crippen MR) is 159 cm³/mol. The second kappa shape index (κ2) is 14.3. The molecule has 3 atom stereocenters. The van der Waals surface area contributed by atoms with Crippen molar-refractivity contribution in [1.29, 1.82) is 0 Å². The van der Waals surface area contributed by atoms with Crippen molar-refractivity contribution in [3.8, 4) is 11.1 Å². The van der Waals surface area contributed by atoms with Gasteiger partial charge in [-0.15, -0.1) is 0 Å². The third-order valence-corrected chi connectivity index (χ3v) is 7.03. The number of benzene rings is 3. The van der Waals surface area contributed by atoms with Crippen LogP contribution in [0.5, 0.6) is 0 Å². The van der Waals surface area contributed by atoms with Crippen LogP contribution in [0, 0.1) is 5.82 Å². The highest BCUT2D eigenvalue weighted by molar-refractivity contribution is 5.95. The van der Waals surface area contributed by atoms with Crippen LogP contribution in [0.2, 0.25) is 0 Å². The van der Waals surface area contributed by atoms with E-state index in [9.17, 15) is 19.1 Å². The molecular formula is C32H34FN5O4. The van der Waals surface area contributed by atoms with Gasteiger partial charge in [0.05, 0.1) is 30.9 Å². The highest BCUT2D eigenvalue weighted by Crippen LogP contribution is 2.31. The Morgan fingerprint density at radius 3 is 2.24 bits per heavy atom. The van der Waals surface area contributed by atoms with E-state index in [4.69, 9.17) is 16.6 Å². The molecule has 2 heterocycles. The highest BCUT2D eigenvalue weighted by Gasteiger charge is 2.24. The fourth-order valence-electron chi connectivity index (χ4n) is 4.61. The first-order valence-corrected chi connectivity index (χ1v) is 13.5. The normalized spacial score (nSPS) is 15.6. The minimum Gasteiger partial charge on any atom is -0.394 e. The Balaban J connectivity index is 0.000000343. The fraction of sp³-hybridized carbons (Fsp3) is 0.219. The van der Waals surface area contributed by atoms with E-state index in [1.54, 1.807) is 42.6 Å². The number of carbonyl (C=O) groups excluding carboxylic acids is 2. The summed E-state index contributed by atoms with van der Waals surface area (Å²) in [6, 6.07) is 23.7. The molecule has 4 aromatic rings. The molecule has 0 spiro atoms. The molecule has 1 aromatic heterocycles. The number of halogens is 1. The lowest BCUT2D eigenvalue weighted by Gasteiger charge is -2.17. The lowest BCUT2D eigenvalue weighted by atomic mass is 9.95. The van der Waals surface area contributed by atoms with Gasteiger partial charge >= 0.3 is 0 Å². The van der Waals surface area contributed by atoms with Gasteiger partial charge in [0.25, 0.3) is 5.91 Å². The number of carbonyl (C=O) groups is 2. The summed E-state index contributed by atoms with van der Waals surface area (Å²) in [5, 5.41) is 23.7. The third-order valence-electron chi connectivity index (χ3n) is 7.03. The Hall–Kier alpha value is -4.64. The van der Waals surface area contributed by atoms with E-state index in [1.807, 2.05) is 36.4 Å². The van der Waals surface area contributed by atoms with Crippen LogP contribution in [0.1, 0.15) is 51.5 Å². The predicted octanol–water partition coefficient (Wildman–Crippen LogP) is 3.22. The number of nitrogens with one attached hydrogen (secondary N) is 2. The maximum absolute atomic E-state index is 14.9. The molecule has 1 aliphatic rings. The average molecular weight is 572 g/mol. The minimum absolute atomic E-state index is 0.00398. The van der Waals surface area contributed by atoms with Gasteiger partial charge in [0.1, 0.15) is 11.6 Å². The molecule has 5 rings (SSSR count). The minimum atomic E-state index is -0.715. The number of aliphatic hydroxyl groups is 2. The van der Waals surface area contributed by atoms with Crippen LogP contribution in [-0.4, -0.2) is 46.8 Å². The summed E-state index contributed by atoms with van der Waals surface area (Å²) in [6.07, 6.45) is 1.99. The number of hydrogen-bond donors (Lipinski definition) is 6. The van der Waals surface area contributed by atoms with Crippen LogP contribution in [-0.2, 0) is 4.79 Å². The van der Waals surface area contributed by atoms with Gasteiger partial charge in [-0.05, 0) is 40.5 Å². The van der Waals surface area contributed by atoms with Crippen LogP contribution in [0.15, 0.2) is 91.1 Å². The zero-order chi connectivity index (χ0) is 30.1. The van der Waals surface area contributed by atoms with Crippen LogP contribution in [0.3, 0.4) is 0 Å². The smallest absolute Gasteiger partial charge is 0.254 e. The second-order valence-corrected chi connectivity index (χ2v) is 9.92. The van der Waals surface area contributed by atoms with Crippen molar-refractivity contribution in [2.24, 2.45) is 5.73 Å². The Labute approximate surface area is 243 Å². The zero-order valence-electron chi connectivity index (χ0n) is 22.9. The number of aromatic nitrogens is 1. The van der Waals surface area contributed by atoms with Crippen molar-refractivity contribution in [2.75, 3.05) is 25.5 Å². The number of anilines is 1. The number of hydrogen-bond acceptors (Lipinski definition) is 7. The van der Waals surface area contributed by atoms with E-state index in [0.717, 1.165) is 16.7 Å². The summed E-state index contributed by atoms with van der Waals surface area (Å²) in [7, 11) is 0. The number of rotatable bonds is 8. The Kier molecular flexibility index (Phi) is 10.3. The summed E-state index contributed by atoms with van der Waals surface area (Å²) in [4.78, 5) is 28.4. The summed E-state index contributed by atoms with van der Waals surface area (Å²) < 4.78 is 14.9. The van der Waals surface area contributed by atoms with E-state index in [0.29, 0.717) is 24.1 Å². The maximum Gasteiger partial charge on any atom is 0.254 e. The van der Waals surface area contributed by atoms with E-state index in [1.165, 1.54) is 12.1 Å². The van der Waals surface area contributed by atoms with Crippen molar-refractivity contribution >= 4 is 17.6 Å². The second-order valence-electron chi connectivity index (χ2n) is 9.92. The first kappa shape index (κ1) is 30.3. The van der Waals surface area contributed by atoms with Crippen LogP contribution < -0.4 is 22.1 Å². The Morgan fingerprint density at radius 1 is 1.00 bits per heavy atom. The van der Waals surface area contributed by atoms with Gasteiger partial charge in [-0.1, -0.05) is 66.7 Å². The molecule has 0 bridgehead atoms. The van der Waals surface area contributed by atoms with Crippen molar-refractivity contribution < 1.29 is 24.2 Å². The van der Waals surface area contributed by atoms with Gasteiger partial charge in [0.2, 0.25) is 5.91 Å². The largest absolute Gasteiger partial charge is 0.394 e. The average Bonchev–Trinajstić information content (AvgIpc) is 3.46. The standard InChI is InChI=1S/C24H23FN4O3.C8H11NO/c25-20-9-15(19-8-16(12-28-23(19)26)17-10-22(31)27-11-17)6-7-18(20)24(32)29-21(13-30)14-4-2-1-3-5-14;9-8(6-10)7-4-2-1-3-5-7/h1-9,12,17,21,30H,10-11,13H2,(H2,26,28)(H,27,31)(H,29,32);1-5,8,10H,6,9H2/t17?,21-;8-/m11/s1. The van der Waals surface area contributed by atoms with Gasteiger partial charge in [-0.2, -0.15) is 0 Å². The van der Waals surface area contributed by atoms with Crippen LogP contribution in [0.4, 0.5) is 10.2 Å². The number of aliphatic hydroxyl groups excluding tert-OH is 2. The molecular weight excluding hydrogens is 537 g/mol. The van der Waals surface area contributed by atoms with Gasteiger partial charge in [-0.3, -0.25) is 9.59 Å². The molecule has 218 valence electrons. The highest BCUT2D eigenvalue weighted by atomic mass is 19.1. The summed E-state index contributed by atoms with van der Waals surface area (Å²) >= 11 is 0. The lowest BCUT2D eigenvalue weighted by Crippen LogP contribution is -2.31. The lowest BCUT2D eigenvalue weighted by molar-refractivity contribution is -0.119. The first-order valence-electron chi connectivity index (χ1n) is 13.5. The molecule has 10 heteroatoms. The molecule has 1 saturated heterocycles. The van der Waals surface area contributed by atoms with Crippen molar-refractivity contribution in [2.45, 2.75) is 24.4 Å². The zero-order valence-corrected chi connectivity index (χ0v) is 22.9. The molecule has 1 fully saturated rings. The molecule has 0 saturated carbocycles. The number of amides is 2. The van der Waals surface area contributed by atoms with E-state index >= 15 is 0 Å². The molecule has 0 aliphatic carbocycles. The van der Waals surface area contributed by atoms with Gasteiger partial charge in [-0.25, -0.2) is 9.37 Å². The van der Waals surface area contributed by atoms with E-state index < -0.39 is 17.8 Å².